The van der Waals surface area contributed by atoms with E-state index in [1.54, 1.807) is 6.92 Å². The Balaban J connectivity index is 2.15. The standard InChI is InChI=1S/C14H12FN3O3S/c1-10(11-2-4-12(15)5-3-11)8-13(19)18-22(20,21)14-9-16-6-7-17-14/h2-9H,1H3,(H,18,19)/b10-8+. The SMILES string of the molecule is C/C(=C\C(=O)NS(=O)(=O)c1cnccn1)c1ccc(F)cc1. The number of rotatable bonds is 4. The molecule has 0 bridgehead atoms. The van der Waals surface area contributed by atoms with E-state index in [1.165, 1.54) is 36.7 Å². The van der Waals surface area contributed by atoms with E-state index < -0.39 is 21.7 Å². The van der Waals surface area contributed by atoms with Gasteiger partial charge in [0.15, 0.2) is 5.03 Å². The van der Waals surface area contributed by atoms with E-state index in [-0.39, 0.29) is 5.03 Å². The molecule has 1 heterocycles. The molecule has 0 saturated carbocycles. The Hall–Kier alpha value is -2.61. The van der Waals surface area contributed by atoms with Crippen LogP contribution >= 0.6 is 0 Å². The van der Waals surface area contributed by atoms with Crippen LogP contribution in [0.2, 0.25) is 0 Å². The van der Waals surface area contributed by atoms with Crippen molar-refractivity contribution in [2.24, 2.45) is 0 Å². The van der Waals surface area contributed by atoms with Crippen molar-refractivity contribution in [3.8, 4) is 0 Å². The average Bonchev–Trinajstić information content (AvgIpc) is 2.48. The summed E-state index contributed by atoms with van der Waals surface area (Å²) in [7, 11) is -4.07. The largest absolute Gasteiger partial charge is 0.283 e. The van der Waals surface area contributed by atoms with E-state index in [4.69, 9.17) is 0 Å². The van der Waals surface area contributed by atoms with Crippen LogP contribution in [-0.4, -0.2) is 24.3 Å². The first-order chi connectivity index (χ1) is 10.4. The highest BCUT2D eigenvalue weighted by Gasteiger charge is 2.18. The van der Waals surface area contributed by atoms with E-state index in [1.807, 2.05) is 4.72 Å². The van der Waals surface area contributed by atoms with Crippen molar-refractivity contribution in [3.05, 3.63) is 60.3 Å². The number of carbonyl (C=O) groups is 1. The van der Waals surface area contributed by atoms with Gasteiger partial charge in [0.25, 0.3) is 15.9 Å². The second kappa shape index (κ2) is 6.44. The van der Waals surface area contributed by atoms with Crippen LogP contribution in [0.25, 0.3) is 5.57 Å². The minimum Gasteiger partial charge on any atom is -0.269 e. The molecule has 114 valence electrons. The number of halogens is 1. The van der Waals surface area contributed by atoms with Crippen LogP contribution in [0.5, 0.6) is 0 Å². The van der Waals surface area contributed by atoms with Gasteiger partial charge in [-0.2, -0.15) is 8.42 Å². The fraction of sp³-hybridized carbons (Fsp3) is 0.0714. The summed E-state index contributed by atoms with van der Waals surface area (Å²) in [6, 6.07) is 5.49. The molecule has 0 aliphatic rings. The smallest absolute Gasteiger partial charge is 0.269 e. The maximum absolute atomic E-state index is 12.8. The van der Waals surface area contributed by atoms with Gasteiger partial charge in [-0.1, -0.05) is 12.1 Å². The highest BCUT2D eigenvalue weighted by molar-refractivity contribution is 7.90. The number of hydrogen-bond donors (Lipinski definition) is 1. The second-order valence-corrected chi connectivity index (χ2v) is 5.98. The van der Waals surface area contributed by atoms with Crippen LogP contribution in [0.1, 0.15) is 12.5 Å². The number of carbonyl (C=O) groups excluding carboxylic acids is 1. The molecule has 0 atom stereocenters. The summed E-state index contributed by atoms with van der Waals surface area (Å²) in [5.74, 6) is -1.22. The Labute approximate surface area is 126 Å². The topological polar surface area (TPSA) is 89.0 Å². The highest BCUT2D eigenvalue weighted by atomic mass is 32.2. The summed E-state index contributed by atoms with van der Waals surface area (Å²) in [4.78, 5) is 19.0. The molecule has 0 unspecified atom stereocenters. The van der Waals surface area contributed by atoms with Crippen LogP contribution in [-0.2, 0) is 14.8 Å². The molecule has 0 aliphatic carbocycles. The van der Waals surface area contributed by atoms with E-state index >= 15 is 0 Å². The fourth-order valence-corrected chi connectivity index (χ4v) is 2.46. The quantitative estimate of drug-likeness (QED) is 0.863. The highest BCUT2D eigenvalue weighted by Crippen LogP contribution is 2.14. The maximum Gasteiger partial charge on any atom is 0.283 e. The average molecular weight is 321 g/mol. The number of allylic oxidation sites excluding steroid dienone is 1. The van der Waals surface area contributed by atoms with Crippen LogP contribution in [0, 0.1) is 5.82 Å². The summed E-state index contributed by atoms with van der Waals surface area (Å²) in [5.41, 5.74) is 1.10. The predicted molar refractivity (Wildman–Crippen MR) is 77.4 cm³/mol. The molecular weight excluding hydrogens is 309 g/mol. The van der Waals surface area contributed by atoms with Crippen molar-refractivity contribution in [3.63, 3.8) is 0 Å². The van der Waals surface area contributed by atoms with Crippen LogP contribution in [0.4, 0.5) is 4.39 Å². The van der Waals surface area contributed by atoms with Gasteiger partial charge in [-0.15, -0.1) is 0 Å². The van der Waals surface area contributed by atoms with Crippen molar-refractivity contribution in [1.82, 2.24) is 14.7 Å². The van der Waals surface area contributed by atoms with Crippen molar-refractivity contribution >= 4 is 21.5 Å². The number of nitrogens with one attached hydrogen (secondary N) is 1. The molecular formula is C14H12FN3O3S. The number of benzene rings is 1. The number of aromatic nitrogens is 2. The van der Waals surface area contributed by atoms with Crippen LogP contribution in [0.3, 0.4) is 0 Å². The fourth-order valence-electron chi connectivity index (χ4n) is 1.63. The molecule has 0 aliphatic heterocycles. The number of sulfonamides is 1. The zero-order valence-electron chi connectivity index (χ0n) is 11.5. The van der Waals surface area contributed by atoms with Crippen molar-refractivity contribution < 1.29 is 17.6 Å². The zero-order valence-corrected chi connectivity index (χ0v) is 12.3. The molecule has 1 aromatic carbocycles. The second-order valence-electron chi connectivity index (χ2n) is 4.35. The monoisotopic (exact) mass is 321 g/mol. The molecule has 1 aromatic heterocycles. The molecule has 2 rings (SSSR count). The Morgan fingerprint density at radius 1 is 1.23 bits per heavy atom. The summed E-state index contributed by atoms with van der Waals surface area (Å²) >= 11 is 0. The van der Waals surface area contributed by atoms with E-state index in [0.29, 0.717) is 11.1 Å². The predicted octanol–water partition coefficient (Wildman–Crippen LogP) is 1.52. The minimum atomic E-state index is -4.07. The third-order valence-corrected chi connectivity index (χ3v) is 3.93. The van der Waals surface area contributed by atoms with Gasteiger partial charge < -0.3 is 0 Å². The molecule has 1 amide bonds. The first-order valence-electron chi connectivity index (χ1n) is 6.15. The van der Waals surface area contributed by atoms with Gasteiger partial charge in [-0.25, -0.2) is 14.1 Å². The summed E-state index contributed by atoms with van der Waals surface area (Å²) in [6.07, 6.45) is 4.67. The van der Waals surface area contributed by atoms with Gasteiger partial charge in [0, 0.05) is 18.5 Å². The Kier molecular flexibility index (Phi) is 4.62. The van der Waals surface area contributed by atoms with Crippen molar-refractivity contribution in [1.29, 1.82) is 0 Å². The number of nitrogens with zero attached hydrogens (tertiary/aromatic N) is 2. The molecule has 0 saturated heterocycles. The Morgan fingerprint density at radius 2 is 1.91 bits per heavy atom. The normalized spacial score (nSPS) is 12.0. The first-order valence-corrected chi connectivity index (χ1v) is 7.64. The zero-order chi connectivity index (χ0) is 16.2. The van der Waals surface area contributed by atoms with Crippen molar-refractivity contribution in [2.75, 3.05) is 0 Å². The third-order valence-electron chi connectivity index (χ3n) is 2.70. The molecule has 1 N–H and O–H groups in total. The lowest BCUT2D eigenvalue weighted by molar-refractivity contribution is -0.114. The number of amides is 1. The molecule has 22 heavy (non-hydrogen) atoms. The molecule has 2 aromatic rings. The van der Waals surface area contributed by atoms with Crippen LogP contribution in [0.15, 0.2) is 54.0 Å². The van der Waals surface area contributed by atoms with Gasteiger partial charge in [-0.05, 0) is 30.2 Å². The summed E-state index contributed by atoms with van der Waals surface area (Å²) in [5, 5.41) is -0.351. The Morgan fingerprint density at radius 3 is 2.50 bits per heavy atom. The first kappa shape index (κ1) is 15.8. The molecule has 8 heteroatoms. The lowest BCUT2D eigenvalue weighted by Crippen LogP contribution is -2.29. The molecule has 0 fully saturated rings. The van der Waals surface area contributed by atoms with E-state index in [2.05, 4.69) is 9.97 Å². The molecule has 0 radical (unpaired) electrons. The third kappa shape index (κ3) is 3.95. The number of hydrogen-bond acceptors (Lipinski definition) is 5. The van der Waals surface area contributed by atoms with Crippen molar-refractivity contribution in [2.45, 2.75) is 11.9 Å². The van der Waals surface area contributed by atoms with Gasteiger partial charge in [-0.3, -0.25) is 9.78 Å². The van der Waals surface area contributed by atoms with E-state index in [0.717, 1.165) is 12.3 Å². The van der Waals surface area contributed by atoms with Gasteiger partial charge in [0.1, 0.15) is 5.82 Å². The van der Waals surface area contributed by atoms with E-state index in [9.17, 15) is 17.6 Å². The van der Waals surface area contributed by atoms with Gasteiger partial charge in [0.05, 0.1) is 6.20 Å². The minimum absolute atomic E-state index is 0.351. The maximum atomic E-state index is 12.8. The molecule has 0 spiro atoms. The molecule has 6 nitrogen and oxygen atoms in total. The summed E-state index contributed by atoms with van der Waals surface area (Å²) in [6.45, 7) is 1.61. The summed E-state index contributed by atoms with van der Waals surface area (Å²) < 4.78 is 38.5. The lowest BCUT2D eigenvalue weighted by atomic mass is 10.1. The lowest BCUT2D eigenvalue weighted by Gasteiger charge is -2.05. The van der Waals surface area contributed by atoms with Crippen LogP contribution < -0.4 is 4.72 Å². The van der Waals surface area contributed by atoms with Gasteiger partial charge >= 0.3 is 0 Å². The Bertz CT molecular complexity index is 803. The van der Waals surface area contributed by atoms with Gasteiger partial charge in [0.2, 0.25) is 0 Å².